The smallest absolute Gasteiger partial charge is 0.303 e. The largest absolute Gasteiger partial charge is 0.481 e. The van der Waals surface area contributed by atoms with Gasteiger partial charge in [-0.1, -0.05) is 25.1 Å². The summed E-state index contributed by atoms with van der Waals surface area (Å²) in [5.41, 5.74) is 2.07. The Morgan fingerprint density at radius 2 is 1.77 bits per heavy atom. The van der Waals surface area contributed by atoms with Crippen molar-refractivity contribution < 1.29 is 19.5 Å². The Hall–Kier alpha value is -2.67. The lowest BCUT2D eigenvalue weighted by atomic mass is 10.1. The molecular formula is C19H22N2O4S. The summed E-state index contributed by atoms with van der Waals surface area (Å²) >= 11 is 1.36. The maximum atomic E-state index is 12.8. The Labute approximate surface area is 156 Å². The van der Waals surface area contributed by atoms with Crippen molar-refractivity contribution in [2.75, 3.05) is 10.6 Å². The molecule has 0 saturated heterocycles. The second-order valence-corrected chi connectivity index (χ2v) is 7.03. The molecule has 0 aliphatic rings. The van der Waals surface area contributed by atoms with Crippen LogP contribution in [0.15, 0.2) is 30.3 Å². The highest BCUT2D eigenvalue weighted by atomic mass is 32.1. The van der Waals surface area contributed by atoms with Crippen LogP contribution < -0.4 is 10.6 Å². The van der Waals surface area contributed by atoms with Gasteiger partial charge in [-0.25, -0.2) is 0 Å². The molecule has 2 rings (SSSR count). The third-order valence-corrected chi connectivity index (χ3v) is 4.93. The molecule has 0 bridgehead atoms. The topological polar surface area (TPSA) is 95.5 Å². The molecule has 0 aliphatic carbocycles. The van der Waals surface area contributed by atoms with Crippen LogP contribution in [0.1, 0.15) is 47.0 Å². The van der Waals surface area contributed by atoms with E-state index in [2.05, 4.69) is 10.6 Å². The first kappa shape index (κ1) is 19.7. The van der Waals surface area contributed by atoms with E-state index in [9.17, 15) is 14.4 Å². The molecule has 0 radical (unpaired) electrons. The highest BCUT2D eigenvalue weighted by molar-refractivity contribution is 7.16. The highest BCUT2D eigenvalue weighted by Crippen LogP contribution is 2.34. The first-order chi connectivity index (χ1) is 12.4. The lowest BCUT2D eigenvalue weighted by Crippen LogP contribution is -2.18. The molecule has 6 nitrogen and oxygen atoms in total. The average molecular weight is 374 g/mol. The van der Waals surface area contributed by atoms with Crippen LogP contribution in [-0.2, 0) is 16.0 Å². The van der Waals surface area contributed by atoms with Gasteiger partial charge in [-0.05, 0) is 37.5 Å². The number of carboxylic acids is 1. The van der Waals surface area contributed by atoms with Crippen LogP contribution in [0.25, 0.3) is 0 Å². The van der Waals surface area contributed by atoms with E-state index in [1.54, 1.807) is 12.1 Å². The number of nitrogens with one attached hydrogen (secondary N) is 2. The molecule has 1 aromatic carbocycles. The van der Waals surface area contributed by atoms with Gasteiger partial charge >= 0.3 is 5.97 Å². The molecule has 2 aromatic rings. The number of carbonyl (C=O) groups is 3. The number of hydrogen-bond donors (Lipinski definition) is 3. The van der Waals surface area contributed by atoms with Gasteiger partial charge < -0.3 is 15.7 Å². The zero-order chi connectivity index (χ0) is 19.1. The zero-order valence-electron chi connectivity index (χ0n) is 14.8. The molecule has 0 atom stereocenters. The van der Waals surface area contributed by atoms with Crippen LogP contribution >= 0.6 is 11.3 Å². The van der Waals surface area contributed by atoms with Crippen LogP contribution in [0.3, 0.4) is 0 Å². The zero-order valence-corrected chi connectivity index (χ0v) is 15.6. The third kappa shape index (κ3) is 5.16. The number of carboxylic acid groups (broad SMARTS) is 1. The van der Waals surface area contributed by atoms with Crippen LogP contribution in [0.4, 0.5) is 10.7 Å². The van der Waals surface area contributed by atoms with Gasteiger partial charge in [0, 0.05) is 23.4 Å². The van der Waals surface area contributed by atoms with E-state index in [4.69, 9.17) is 5.11 Å². The molecule has 0 unspecified atom stereocenters. The second-order valence-electron chi connectivity index (χ2n) is 5.81. The minimum atomic E-state index is -0.930. The molecule has 0 spiro atoms. The molecule has 138 valence electrons. The number of rotatable bonds is 8. The predicted molar refractivity (Wildman–Crippen MR) is 103 cm³/mol. The van der Waals surface area contributed by atoms with Gasteiger partial charge in [0.2, 0.25) is 5.91 Å². The lowest BCUT2D eigenvalue weighted by molar-refractivity contribution is -0.137. The molecule has 2 amide bonds. The van der Waals surface area contributed by atoms with Crippen LogP contribution in [0, 0.1) is 6.92 Å². The van der Waals surface area contributed by atoms with E-state index in [0.717, 1.165) is 10.4 Å². The Bertz CT molecular complexity index is 799. The fourth-order valence-corrected chi connectivity index (χ4v) is 3.80. The van der Waals surface area contributed by atoms with Gasteiger partial charge in [0.05, 0.1) is 5.56 Å². The Kier molecular flexibility index (Phi) is 6.91. The number of carbonyl (C=O) groups excluding carboxylic acids is 2. The molecule has 3 N–H and O–H groups in total. The standard InChI is InChI=1S/C19H22N2O4S/c1-3-14-12(2)26-19(21-15(22)10-7-11-16(23)24)17(14)18(25)20-13-8-5-4-6-9-13/h4-6,8-9H,3,7,10-11H2,1-2H3,(H,20,25)(H,21,22)(H,23,24). The Morgan fingerprint density at radius 3 is 2.38 bits per heavy atom. The Morgan fingerprint density at radius 1 is 1.08 bits per heavy atom. The maximum Gasteiger partial charge on any atom is 0.303 e. The van der Waals surface area contributed by atoms with E-state index in [0.29, 0.717) is 22.7 Å². The first-order valence-electron chi connectivity index (χ1n) is 8.42. The second kappa shape index (κ2) is 9.15. The van der Waals surface area contributed by atoms with Crippen molar-refractivity contribution in [2.45, 2.75) is 39.5 Å². The van der Waals surface area contributed by atoms with Crippen molar-refractivity contribution in [3.63, 3.8) is 0 Å². The van der Waals surface area contributed by atoms with Gasteiger partial charge in [-0.15, -0.1) is 11.3 Å². The molecule has 26 heavy (non-hydrogen) atoms. The summed E-state index contributed by atoms with van der Waals surface area (Å²) in [6.45, 7) is 3.88. The van der Waals surface area contributed by atoms with Crippen LogP contribution in [-0.4, -0.2) is 22.9 Å². The highest BCUT2D eigenvalue weighted by Gasteiger charge is 2.22. The summed E-state index contributed by atoms with van der Waals surface area (Å²) in [4.78, 5) is 36.4. The van der Waals surface area contributed by atoms with Crippen molar-refractivity contribution in [1.29, 1.82) is 0 Å². The maximum absolute atomic E-state index is 12.8. The van der Waals surface area contributed by atoms with Crippen molar-refractivity contribution in [1.82, 2.24) is 0 Å². The third-order valence-electron chi connectivity index (χ3n) is 3.87. The summed E-state index contributed by atoms with van der Waals surface area (Å²) in [5, 5.41) is 14.8. The summed E-state index contributed by atoms with van der Waals surface area (Å²) in [7, 11) is 0. The molecule has 1 heterocycles. The van der Waals surface area contributed by atoms with Gasteiger partial charge in [-0.2, -0.15) is 0 Å². The van der Waals surface area contributed by atoms with Gasteiger partial charge in [0.25, 0.3) is 5.91 Å². The predicted octanol–water partition coefficient (Wildman–Crippen LogP) is 4.06. The fraction of sp³-hybridized carbons (Fsp3) is 0.316. The van der Waals surface area contributed by atoms with Crippen LogP contribution in [0.5, 0.6) is 0 Å². The van der Waals surface area contributed by atoms with E-state index in [1.807, 2.05) is 32.0 Å². The quantitative estimate of drug-likeness (QED) is 0.649. The number of thiophene rings is 1. The minimum Gasteiger partial charge on any atom is -0.481 e. The number of hydrogen-bond acceptors (Lipinski definition) is 4. The van der Waals surface area contributed by atoms with E-state index >= 15 is 0 Å². The van der Waals surface area contributed by atoms with Crippen molar-refractivity contribution in [3.05, 3.63) is 46.3 Å². The van der Waals surface area contributed by atoms with Gasteiger partial charge in [0.1, 0.15) is 5.00 Å². The van der Waals surface area contributed by atoms with E-state index < -0.39 is 5.97 Å². The number of benzene rings is 1. The Balaban J connectivity index is 2.17. The molecule has 7 heteroatoms. The number of para-hydroxylation sites is 1. The van der Waals surface area contributed by atoms with Crippen molar-refractivity contribution in [3.8, 4) is 0 Å². The SMILES string of the molecule is CCc1c(C)sc(NC(=O)CCCC(=O)O)c1C(=O)Nc1ccccc1. The fourth-order valence-electron chi connectivity index (χ4n) is 2.64. The normalized spacial score (nSPS) is 10.4. The van der Waals surface area contributed by atoms with E-state index in [1.165, 1.54) is 11.3 Å². The molecular weight excluding hydrogens is 352 g/mol. The van der Waals surface area contributed by atoms with Crippen molar-refractivity contribution >= 4 is 39.8 Å². The monoisotopic (exact) mass is 374 g/mol. The summed E-state index contributed by atoms with van der Waals surface area (Å²) in [6, 6.07) is 9.13. The molecule has 0 saturated carbocycles. The van der Waals surface area contributed by atoms with Crippen molar-refractivity contribution in [2.24, 2.45) is 0 Å². The molecule has 0 aliphatic heterocycles. The molecule has 1 aromatic heterocycles. The summed E-state index contributed by atoms with van der Waals surface area (Å²) in [6.07, 6.45) is 0.982. The summed E-state index contributed by atoms with van der Waals surface area (Å²) in [5.74, 6) is -1.48. The van der Waals surface area contributed by atoms with Gasteiger partial charge in [-0.3, -0.25) is 14.4 Å². The summed E-state index contributed by atoms with van der Waals surface area (Å²) < 4.78 is 0. The molecule has 0 fully saturated rings. The van der Waals surface area contributed by atoms with Crippen LogP contribution in [0.2, 0.25) is 0 Å². The minimum absolute atomic E-state index is 0.0571. The lowest BCUT2D eigenvalue weighted by Gasteiger charge is -2.09. The number of anilines is 2. The first-order valence-corrected chi connectivity index (χ1v) is 9.24. The number of aryl methyl sites for hydroxylation is 1. The average Bonchev–Trinajstić information content (AvgIpc) is 2.90. The van der Waals surface area contributed by atoms with E-state index in [-0.39, 0.29) is 31.1 Å². The van der Waals surface area contributed by atoms with Gasteiger partial charge in [0.15, 0.2) is 0 Å². The number of amides is 2. The number of aliphatic carboxylic acids is 1.